The molecule has 0 bridgehead atoms. The second kappa shape index (κ2) is 7.49. The van der Waals surface area contributed by atoms with Gasteiger partial charge in [-0.15, -0.1) is 0 Å². The van der Waals surface area contributed by atoms with Crippen molar-refractivity contribution in [2.24, 2.45) is 0 Å². The van der Waals surface area contributed by atoms with Gasteiger partial charge in [0.2, 0.25) is 5.75 Å². The van der Waals surface area contributed by atoms with E-state index in [0.717, 1.165) is 31.5 Å². The van der Waals surface area contributed by atoms with E-state index >= 15 is 0 Å². The molecule has 3 rings (SSSR count). The second-order valence-electron chi connectivity index (χ2n) is 5.24. The Labute approximate surface area is 162 Å². The van der Waals surface area contributed by atoms with Gasteiger partial charge in [0.15, 0.2) is 11.5 Å². The Morgan fingerprint density at radius 3 is 1.88 bits per heavy atom. The molecule has 0 fully saturated rings. The fourth-order valence-corrected chi connectivity index (χ4v) is 3.85. The van der Waals surface area contributed by atoms with E-state index in [0.29, 0.717) is 17.2 Å². The van der Waals surface area contributed by atoms with Crippen molar-refractivity contribution in [3.63, 3.8) is 0 Å². The lowest BCUT2D eigenvalue weighted by molar-refractivity contribution is 0.324. The lowest BCUT2D eigenvalue weighted by Gasteiger charge is -2.13. The first kappa shape index (κ1) is 17.8. The summed E-state index contributed by atoms with van der Waals surface area (Å²) in [5.74, 6) is 1.75. The van der Waals surface area contributed by atoms with Crippen LogP contribution in [0, 0.1) is 0 Å². The summed E-state index contributed by atoms with van der Waals surface area (Å²) in [6.07, 6.45) is 0. The van der Waals surface area contributed by atoms with Crippen molar-refractivity contribution in [3.05, 3.63) is 45.3 Å². The molecule has 1 heterocycles. The Bertz CT molecular complexity index is 864. The maximum atomic E-state index is 5.41. The maximum absolute atomic E-state index is 5.41. The van der Waals surface area contributed by atoms with E-state index in [1.165, 1.54) is 0 Å². The molecule has 0 unspecified atom stereocenters. The largest absolute Gasteiger partial charge is 0.493 e. The van der Waals surface area contributed by atoms with E-state index in [9.17, 15) is 0 Å². The Balaban J connectivity index is 2.05. The zero-order chi connectivity index (χ0) is 18.0. The van der Waals surface area contributed by atoms with Crippen molar-refractivity contribution >= 4 is 31.9 Å². The molecule has 0 aliphatic rings. The number of nitrogens with one attached hydrogen (secondary N) is 1. The van der Waals surface area contributed by atoms with Gasteiger partial charge in [-0.05, 0) is 36.4 Å². The highest BCUT2D eigenvalue weighted by molar-refractivity contribution is 9.11. The topological polar surface area (TPSA) is 56.4 Å². The van der Waals surface area contributed by atoms with Gasteiger partial charge < -0.3 is 14.2 Å². The minimum absolute atomic E-state index is 0.560. The predicted molar refractivity (Wildman–Crippen MR) is 105 cm³/mol. The molecule has 0 saturated heterocycles. The SMILES string of the molecule is COc1cc(-c2cc(-c3cc(Br)cc(Br)c3)n[nH]2)cc(OC)c1OC. The second-order valence-corrected chi connectivity index (χ2v) is 7.07. The predicted octanol–water partition coefficient (Wildman–Crippen LogP) is 5.29. The number of aromatic nitrogens is 2. The number of ether oxygens (including phenoxy) is 3. The van der Waals surface area contributed by atoms with Crippen LogP contribution in [-0.4, -0.2) is 31.5 Å². The molecule has 0 radical (unpaired) electrons. The molecule has 130 valence electrons. The van der Waals surface area contributed by atoms with Crippen LogP contribution in [0.15, 0.2) is 45.3 Å². The quantitative estimate of drug-likeness (QED) is 0.553. The Kier molecular flexibility index (Phi) is 5.34. The van der Waals surface area contributed by atoms with Gasteiger partial charge in [-0.1, -0.05) is 31.9 Å². The highest BCUT2D eigenvalue weighted by Crippen LogP contribution is 2.41. The van der Waals surface area contributed by atoms with Gasteiger partial charge in [0.25, 0.3) is 0 Å². The van der Waals surface area contributed by atoms with E-state index < -0.39 is 0 Å². The molecular weight excluding hydrogens is 452 g/mol. The number of hydrogen-bond acceptors (Lipinski definition) is 4. The van der Waals surface area contributed by atoms with E-state index in [1.807, 2.05) is 36.4 Å². The molecule has 0 amide bonds. The van der Waals surface area contributed by atoms with Gasteiger partial charge in [0.05, 0.1) is 32.7 Å². The van der Waals surface area contributed by atoms with Gasteiger partial charge in [-0.3, -0.25) is 5.10 Å². The third kappa shape index (κ3) is 3.67. The van der Waals surface area contributed by atoms with Crippen molar-refractivity contribution < 1.29 is 14.2 Å². The summed E-state index contributed by atoms with van der Waals surface area (Å²) in [7, 11) is 4.77. The standard InChI is InChI=1S/C18H16Br2N2O3/c1-23-16-6-11(7-17(24-2)18(16)25-3)15-9-14(21-22-15)10-4-12(19)8-13(20)5-10/h4-9H,1-3H3,(H,21,22). The summed E-state index contributed by atoms with van der Waals surface area (Å²) in [6.45, 7) is 0. The van der Waals surface area contributed by atoms with Gasteiger partial charge >= 0.3 is 0 Å². The number of nitrogens with zero attached hydrogens (tertiary/aromatic N) is 1. The van der Waals surface area contributed by atoms with Gasteiger partial charge in [-0.2, -0.15) is 5.10 Å². The van der Waals surface area contributed by atoms with Crippen molar-refractivity contribution in [1.29, 1.82) is 0 Å². The van der Waals surface area contributed by atoms with Crippen LogP contribution < -0.4 is 14.2 Å². The molecule has 0 aliphatic heterocycles. The number of hydrogen-bond donors (Lipinski definition) is 1. The van der Waals surface area contributed by atoms with Crippen molar-refractivity contribution in [3.8, 4) is 39.8 Å². The van der Waals surface area contributed by atoms with Crippen molar-refractivity contribution in [2.75, 3.05) is 21.3 Å². The number of halogens is 2. The zero-order valence-electron chi connectivity index (χ0n) is 13.9. The number of methoxy groups -OCH3 is 3. The van der Waals surface area contributed by atoms with Crippen molar-refractivity contribution in [2.45, 2.75) is 0 Å². The fraction of sp³-hybridized carbons (Fsp3) is 0.167. The normalized spacial score (nSPS) is 10.6. The molecule has 1 aromatic heterocycles. The van der Waals surface area contributed by atoms with Crippen LogP contribution in [0.4, 0.5) is 0 Å². The Morgan fingerprint density at radius 2 is 1.36 bits per heavy atom. The molecule has 3 aromatic rings. The summed E-state index contributed by atoms with van der Waals surface area (Å²) in [5, 5.41) is 7.49. The van der Waals surface area contributed by atoms with Crippen molar-refractivity contribution in [1.82, 2.24) is 10.2 Å². The summed E-state index contributed by atoms with van der Waals surface area (Å²) < 4.78 is 18.1. The highest BCUT2D eigenvalue weighted by Gasteiger charge is 2.16. The zero-order valence-corrected chi connectivity index (χ0v) is 17.1. The Hall–Kier alpha value is -1.99. The molecule has 0 atom stereocenters. The van der Waals surface area contributed by atoms with E-state index in [4.69, 9.17) is 14.2 Å². The van der Waals surface area contributed by atoms with Crippen LogP contribution in [0.1, 0.15) is 0 Å². The summed E-state index contributed by atoms with van der Waals surface area (Å²) in [5.41, 5.74) is 3.58. The molecule has 1 N–H and O–H groups in total. The average molecular weight is 468 g/mol. The number of benzene rings is 2. The van der Waals surface area contributed by atoms with Gasteiger partial charge in [0, 0.05) is 20.1 Å². The van der Waals surface area contributed by atoms with Crippen LogP contribution in [0.3, 0.4) is 0 Å². The van der Waals surface area contributed by atoms with Crippen LogP contribution in [-0.2, 0) is 0 Å². The number of H-pyrrole nitrogens is 1. The lowest BCUT2D eigenvalue weighted by Crippen LogP contribution is -1.95. The minimum Gasteiger partial charge on any atom is -0.493 e. The molecule has 7 heteroatoms. The maximum Gasteiger partial charge on any atom is 0.203 e. The van der Waals surface area contributed by atoms with Crippen LogP contribution in [0.25, 0.3) is 22.5 Å². The third-order valence-electron chi connectivity index (χ3n) is 3.71. The highest BCUT2D eigenvalue weighted by atomic mass is 79.9. The first-order valence-electron chi connectivity index (χ1n) is 7.38. The monoisotopic (exact) mass is 466 g/mol. The van der Waals surface area contributed by atoms with Crippen LogP contribution in [0.2, 0.25) is 0 Å². The first-order chi connectivity index (χ1) is 12.0. The van der Waals surface area contributed by atoms with Gasteiger partial charge in [0.1, 0.15) is 0 Å². The number of aromatic amines is 1. The number of rotatable bonds is 5. The average Bonchev–Trinajstić information content (AvgIpc) is 3.09. The summed E-state index contributed by atoms with van der Waals surface area (Å²) >= 11 is 7.00. The first-order valence-corrected chi connectivity index (χ1v) is 8.96. The molecule has 2 aromatic carbocycles. The molecular formula is C18H16Br2N2O3. The third-order valence-corrected chi connectivity index (χ3v) is 4.63. The minimum atomic E-state index is 0.560. The molecule has 25 heavy (non-hydrogen) atoms. The molecule has 0 aliphatic carbocycles. The Morgan fingerprint density at radius 1 is 0.760 bits per heavy atom. The molecule has 5 nitrogen and oxygen atoms in total. The summed E-state index contributed by atoms with van der Waals surface area (Å²) in [6, 6.07) is 11.8. The smallest absolute Gasteiger partial charge is 0.203 e. The molecule has 0 spiro atoms. The van der Waals surface area contributed by atoms with E-state index in [1.54, 1.807) is 21.3 Å². The van der Waals surface area contributed by atoms with E-state index in [2.05, 4.69) is 42.1 Å². The van der Waals surface area contributed by atoms with Crippen LogP contribution in [0.5, 0.6) is 17.2 Å². The van der Waals surface area contributed by atoms with E-state index in [-0.39, 0.29) is 0 Å². The van der Waals surface area contributed by atoms with Crippen LogP contribution >= 0.6 is 31.9 Å². The fourth-order valence-electron chi connectivity index (χ4n) is 2.56. The lowest BCUT2D eigenvalue weighted by atomic mass is 10.1. The summed E-state index contributed by atoms with van der Waals surface area (Å²) in [4.78, 5) is 0. The molecule has 0 saturated carbocycles. The van der Waals surface area contributed by atoms with Gasteiger partial charge in [-0.25, -0.2) is 0 Å².